The maximum Gasteiger partial charge on any atom is 0.239 e. The van der Waals surface area contributed by atoms with E-state index in [0.29, 0.717) is 11.4 Å². The molecule has 134 valence electrons. The fraction of sp³-hybridized carbons (Fsp3) is 0.375. The van der Waals surface area contributed by atoms with Gasteiger partial charge in [-0.3, -0.25) is 9.59 Å². The minimum atomic E-state index is -3.05. The van der Waals surface area contributed by atoms with E-state index in [9.17, 15) is 18.0 Å². The summed E-state index contributed by atoms with van der Waals surface area (Å²) in [6.45, 7) is -0.182. The summed E-state index contributed by atoms with van der Waals surface area (Å²) in [6, 6.07) is 5.01. The van der Waals surface area contributed by atoms with Crippen LogP contribution in [0.15, 0.2) is 24.4 Å². The number of aromatic amines is 1. The molecular weight excluding hydrogens is 366 g/mol. The Bertz CT molecular complexity index is 923. The minimum absolute atomic E-state index is 0.0389. The molecule has 2 aromatic rings. The van der Waals surface area contributed by atoms with Crippen molar-refractivity contribution in [3.05, 3.63) is 35.0 Å². The van der Waals surface area contributed by atoms with Crippen LogP contribution in [0.3, 0.4) is 0 Å². The molecule has 1 saturated heterocycles. The lowest BCUT2D eigenvalue weighted by Gasteiger charge is -2.11. The first kappa shape index (κ1) is 17.8. The van der Waals surface area contributed by atoms with Crippen LogP contribution in [0.5, 0.6) is 0 Å². The number of amides is 2. The van der Waals surface area contributed by atoms with Crippen LogP contribution in [0.25, 0.3) is 10.9 Å². The third-order valence-electron chi connectivity index (χ3n) is 4.12. The summed E-state index contributed by atoms with van der Waals surface area (Å²) in [7, 11) is -3.05. The van der Waals surface area contributed by atoms with Crippen molar-refractivity contribution in [2.24, 2.45) is 0 Å². The van der Waals surface area contributed by atoms with Crippen molar-refractivity contribution in [3.63, 3.8) is 0 Å². The number of H-pyrrole nitrogens is 1. The number of nitrogens with one attached hydrogen (secondary N) is 3. The molecule has 9 heteroatoms. The molecule has 0 radical (unpaired) electrons. The summed E-state index contributed by atoms with van der Waals surface area (Å²) in [4.78, 5) is 26.9. The second kappa shape index (κ2) is 7.05. The van der Waals surface area contributed by atoms with E-state index < -0.39 is 15.7 Å². The van der Waals surface area contributed by atoms with Gasteiger partial charge in [0.25, 0.3) is 0 Å². The first-order valence-electron chi connectivity index (χ1n) is 7.84. The highest BCUT2D eigenvalue weighted by molar-refractivity contribution is 7.91. The highest BCUT2D eigenvalue weighted by Gasteiger charge is 2.28. The van der Waals surface area contributed by atoms with Gasteiger partial charge < -0.3 is 15.6 Å². The maximum absolute atomic E-state index is 12.0. The van der Waals surface area contributed by atoms with E-state index in [2.05, 4.69) is 15.6 Å². The van der Waals surface area contributed by atoms with Crippen molar-refractivity contribution in [1.82, 2.24) is 15.6 Å². The molecule has 1 atom stereocenters. The molecule has 1 aliphatic heterocycles. The summed E-state index contributed by atoms with van der Waals surface area (Å²) in [6.07, 6.45) is 2.27. The monoisotopic (exact) mass is 383 g/mol. The number of carbonyl (C=O) groups excluding carboxylic acids is 2. The van der Waals surface area contributed by atoms with Gasteiger partial charge in [-0.1, -0.05) is 11.6 Å². The van der Waals surface area contributed by atoms with E-state index in [1.54, 1.807) is 18.3 Å². The smallest absolute Gasteiger partial charge is 0.239 e. The van der Waals surface area contributed by atoms with Crippen LogP contribution < -0.4 is 10.6 Å². The van der Waals surface area contributed by atoms with E-state index in [0.717, 1.165) is 16.5 Å². The highest BCUT2D eigenvalue weighted by atomic mass is 35.5. The predicted octanol–water partition coefficient (Wildman–Crippen LogP) is 0.783. The van der Waals surface area contributed by atoms with Crippen LogP contribution in [0.1, 0.15) is 12.0 Å². The van der Waals surface area contributed by atoms with Gasteiger partial charge in [0.1, 0.15) is 0 Å². The molecule has 0 saturated carbocycles. The van der Waals surface area contributed by atoms with Crippen molar-refractivity contribution in [2.75, 3.05) is 18.1 Å². The molecule has 1 aromatic carbocycles. The predicted molar refractivity (Wildman–Crippen MR) is 95.2 cm³/mol. The van der Waals surface area contributed by atoms with Crippen LogP contribution in [0.2, 0.25) is 5.02 Å². The van der Waals surface area contributed by atoms with Gasteiger partial charge in [-0.15, -0.1) is 0 Å². The Labute approximate surface area is 150 Å². The number of hydrogen-bond acceptors (Lipinski definition) is 4. The van der Waals surface area contributed by atoms with Gasteiger partial charge in [0.2, 0.25) is 11.8 Å². The van der Waals surface area contributed by atoms with E-state index in [4.69, 9.17) is 11.6 Å². The molecule has 2 amide bonds. The van der Waals surface area contributed by atoms with E-state index in [1.807, 2.05) is 6.07 Å². The third-order valence-corrected chi connectivity index (χ3v) is 6.13. The fourth-order valence-corrected chi connectivity index (χ4v) is 4.74. The second-order valence-corrected chi connectivity index (χ2v) is 8.79. The molecule has 2 heterocycles. The lowest BCUT2D eigenvalue weighted by atomic mass is 10.1. The standard InChI is InChI=1S/C16H18ClN3O4S/c17-11-1-2-14-13(6-11)10(7-18-14)5-15(21)19-8-16(22)20-12-3-4-25(23,24)9-12/h1-2,6-7,12,18H,3-5,8-9H2,(H,19,21)(H,20,22)/t12-/m0/s1. The quantitative estimate of drug-likeness (QED) is 0.709. The number of benzene rings is 1. The summed E-state index contributed by atoms with van der Waals surface area (Å²) in [5.41, 5.74) is 1.67. The van der Waals surface area contributed by atoms with Gasteiger partial charge >= 0.3 is 0 Å². The molecule has 3 N–H and O–H groups in total. The summed E-state index contributed by atoms with van der Waals surface area (Å²) < 4.78 is 22.7. The zero-order valence-electron chi connectivity index (χ0n) is 13.3. The molecule has 0 aliphatic carbocycles. The van der Waals surface area contributed by atoms with Crippen LogP contribution in [0, 0.1) is 0 Å². The third kappa shape index (κ3) is 4.52. The summed E-state index contributed by atoms with van der Waals surface area (Å²) >= 11 is 5.98. The van der Waals surface area contributed by atoms with Gasteiger partial charge in [-0.05, 0) is 30.2 Å². The van der Waals surface area contributed by atoms with E-state index in [1.165, 1.54) is 0 Å². The van der Waals surface area contributed by atoms with E-state index in [-0.39, 0.29) is 36.4 Å². The molecule has 1 fully saturated rings. The zero-order valence-corrected chi connectivity index (χ0v) is 14.9. The van der Waals surface area contributed by atoms with Crippen molar-refractivity contribution < 1.29 is 18.0 Å². The number of sulfone groups is 1. The molecule has 25 heavy (non-hydrogen) atoms. The number of aromatic nitrogens is 1. The molecule has 0 spiro atoms. The Morgan fingerprint density at radius 3 is 2.80 bits per heavy atom. The molecular formula is C16H18ClN3O4S. The first-order chi connectivity index (χ1) is 11.8. The van der Waals surface area contributed by atoms with Gasteiger partial charge in [0, 0.05) is 28.2 Å². The lowest BCUT2D eigenvalue weighted by molar-refractivity contribution is -0.126. The van der Waals surface area contributed by atoms with E-state index >= 15 is 0 Å². The summed E-state index contributed by atoms with van der Waals surface area (Å²) in [5, 5.41) is 6.62. The van der Waals surface area contributed by atoms with Crippen molar-refractivity contribution in [2.45, 2.75) is 18.9 Å². The number of fused-ring (bicyclic) bond motifs is 1. The fourth-order valence-electron chi connectivity index (χ4n) is 2.90. The maximum atomic E-state index is 12.0. The Morgan fingerprint density at radius 2 is 2.08 bits per heavy atom. The topological polar surface area (TPSA) is 108 Å². The average Bonchev–Trinajstić information content (AvgIpc) is 3.08. The molecule has 0 bridgehead atoms. The van der Waals surface area contributed by atoms with Crippen molar-refractivity contribution in [3.8, 4) is 0 Å². The van der Waals surface area contributed by atoms with Crippen LogP contribution in [-0.4, -0.2) is 49.3 Å². The van der Waals surface area contributed by atoms with Crippen LogP contribution >= 0.6 is 11.6 Å². The van der Waals surface area contributed by atoms with Crippen molar-refractivity contribution in [1.29, 1.82) is 0 Å². The minimum Gasteiger partial charge on any atom is -0.361 e. The van der Waals surface area contributed by atoms with Gasteiger partial charge in [-0.2, -0.15) is 0 Å². The SMILES string of the molecule is O=C(Cc1c[nH]c2ccc(Cl)cc12)NCC(=O)N[C@H]1CCS(=O)(=O)C1. The normalized spacial score (nSPS) is 19.0. The van der Waals surface area contributed by atoms with Crippen LogP contribution in [0.4, 0.5) is 0 Å². The number of carbonyl (C=O) groups is 2. The Hall–Kier alpha value is -2.06. The first-order valence-corrected chi connectivity index (χ1v) is 10.0. The Kier molecular flexibility index (Phi) is 5.01. The Balaban J connectivity index is 1.51. The molecule has 7 nitrogen and oxygen atoms in total. The highest BCUT2D eigenvalue weighted by Crippen LogP contribution is 2.22. The van der Waals surface area contributed by atoms with Gasteiger partial charge in [0.15, 0.2) is 9.84 Å². The second-order valence-electron chi connectivity index (χ2n) is 6.12. The Morgan fingerprint density at radius 1 is 1.28 bits per heavy atom. The molecule has 1 aliphatic rings. The van der Waals surface area contributed by atoms with Crippen LogP contribution in [-0.2, 0) is 25.8 Å². The number of halogens is 1. The summed E-state index contributed by atoms with van der Waals surface area (Å²) in [5.74, 6) is -0.636. The number of rotatable bonds is 5. The van der Waals surface area contributed by atoms with Crippen molar-refractivity contribution >= 4 is 44.2 Å². The molecule has 3 rings (SSSR count). The van der Waals surface area contributed by atoms with Gasteiger partial charge in [-0.25, -0.2) is 8.42 Å². The lowest BCUT2D eigenvalue weighted by Crippen LogP contribution is -2.42. The molecule has 0 unspecified atom stereocenters. The zero-order chi connectivity index (χ0) is 18.0. The van der Waals surface area contributed by atoms with Gasteiger partial charge in [0.05, 0.1) is 24.5 Å². The number of hydrogen-bond donors (Lipinski definition) is 3. The largest absolute Gasteiger partial charge is 0.361 e. The molecule has 1 aromatic heterocycles. The average molecular weight is 384 g/mol.